The minimum atomic E-state index is -0.938. The van der Waals surface area contributed by atoms with E-state index < -0.39 is 6.23 Å². The number of carbonyl (C=O) groups is 2. The maximum Gasteiger partial charge on any atom is 0.261 e. The molecule has 9 rings (SSSR count). The molecule has 12 nitrogen and oxygen atoms in total. The normalized spacial score (nSPS) is 18.0. The Bertz CT molecular complexity index is 2650. The number of hydrogen-bond acceptors (Lipinski definition) is 12. The van der Waals surface area contributed by atoms with Gasteiger partial charge >= 0.3 is 0 Å². The third kappa shape index (κ3) is 8.59. The summed E-state index contributed by atoms with van der Waals surface area (Å²) in [4.78, 5) is 40.7. The Morgan fingerprint density at radius 1 is 0.794 bits per heavy atom. The highest BCUT2D eigenvalue weighted by Crippen LogP contribution is 2.46. The number of benzene rings is 5. The van der Waals surface area contributed by atoms with Crippen molar-refractivity contribution in [3.8, 4) is 23.0 Å². The molecule has 63 heavy (non-hydrogen) atoms. The molecule has 2 amide bonds. The Morgan fingerprint density at radius 3 is 2.10 bits per heavy atom. The Labute approximate surface area is 375 Å². The number of rotatable bonds is 14. The Kier molecular flexibility index (Phi) is 11.9. The average Bonchev–Trinajstić information content (AvgIpc) is 3.77. The summed E-state index contributed by atoms with van der Waals surface area (Å²) in [7, 11) is 6.56. The van der Waals surface area contributed by atoms with E-state index in [0.29, 0.717) is 70.4 Å². The van der Waals surface area contributed by atoms with Crippen molar-refractivity contribution in [1.29, 1.82) is 0 Å². The summed E-state index contributed by atoms with van der Waals surface area (Å²) in [6.07, 6.45) is 7.32. The van der Waals surface area contributed by atoms with Crippen molar-refractivity contribution in [1.82, 2.24) is 0 Å². The van der Waals surface area contributed by atoms with E-state index in [-0.39, 0.29) is 41.9 Å². The summed E-state index contributed by atoms with van der Waals surface area (Å²) in [5, 5.41) is 14.8. The van der Waals surface area contributed by atoms with E-state index in [2.05, 4.69) is 25.2 Å². The van der Waals surface area contributed by atoms with E-state index in [9.17, 15) is 14.7 Å². The van der Waals surface area contributed by atoms with Crippen LogP contribution in [0.3, 0.4) is 0 Å². The number of anilines is 3. The molecule has 3 atom stereocenters. The number of methoxy groups -OCH3 is 2. The van der Waals surface area contributed by atoms with Gasteiger partial charge in [-0.3, -0.25) is 24.5 Å². The molecule has 0 bridgehead atoms. The second kappa shape index (κ2) is 17.7. The number of aliphatic imine (C=N–C) groups is 2. The number of aliphatic hydroxyl groups excluding tert-OH is 1. The Morgan fingerprint density at radius 2 is 1.40 bits per heavy atom. The maximum absolute atomic E-state index is 14.0. The highest BCUT2D eigenvalue weighted by Gasteiger charge is 2.38. The van der Waals surface area contributed by atoms with Gasteiger partial charge in [0.1, 0.15) is 13.2 Å². The van der Waals surface area contributed by atoms with Gasteiger partial charge < -0.3 is 34.3 Å². The standard InChI is InChI=1S/C49H49N5O7S2/c1-49(2,63-62-5)15-14-46(55)52-33-17-29(27-60-44-23-38-36(21-42(44)58-3)47(56)53-34(25-50-38)19-31-10-6-8-12-40(31)53)16-30(18-33)28-61-45-24-39-37(22-43(45)59-4)48(57)54-35(26-51-39)20-32-11-7-9-13-41(32)54/h6-13,16-18,21-26,34-35,47,56H,14-15,19-20,27-28H2,1-5H3,(H,52,55)/t34-,35-,47?/m0/s1. The second-order valence-electron chi connectivity index (χ2n) is 16.6. The van der Waals surface area contributed by atoms with Crippen LogP contribution in [0.4, 0.5) is 28.4 Å². The number of aliphatic hydroxyl groups is 1. The van der Waals surface area contributed by atoms with Crippen molar-refractivity contribution in [3.63, 3.8) is 0 Å². The smallest absolute Gasteiger partial charge is 0.261 e. The molecule has 0 radical (unpaired) electrons. The summed E-state index contributed by atoms with van der Waals surface area (Å²) in [6, 6.07) is 28.5. The lowest BCUT2D eigenvalue weighted by atomic mass is 10.1. The number of amides is 2. The van der Waals surface area contributed by atoms with Crippen molar-refractivity contribution >= 4 is 74.3 Å². The van der Waals surface area contributed by atoms with Crippen molar-refractivity contribution in [2.75, 3.05) is 35.6 Å². The second-order valence-corrected chi connectivity index (χ2v) is 19.7. The lowest BCUT2D eigenvalue weighted by molar-refractivity contribution is -0.116. The van der Waals surface area contributed by atoms with Crippen molar-refractivity contribution in [3.05, 3.63) is 124 Å². The Hall–Kier alpha value is -5.96. The SMILES string of the molecule is COc1cc2c(cc1OCc1cc(COc3cc4c(cc3OC)C(O)N3c5ccccc5C[C@H]3C=N4)cc(NC(=O)CCC(C)(C)SSC)c1)N=C[C@@H]1Cc3ccccc3N1C2=O. The molecule has 0 aromatic heterocycles. The fourth-order valence-electron chi connectivity index (χ4n) is 8.77. The van der Waals surface area contributed by atoms with Gasteiger partial charge in [0, 0.05) is 71.2 Å². The van der Waals surface area contributed by atoms with Crippen LogP contribution in [-0.4, -0.2) is 66.7 Å². The van der Waals surface area contributed by atoms with Crippen LogP contribution >= 0.6 is 21.6 Å². The molecular formula is C49H49N5O7S2. The molecule has 4 heterocycles. The largest absolute Gasteiger partial charge is 0.493 e. The minimum absolute atomic E-state index is 0.0681. The quantitative estimate of drug-likeness (QED) is 0.104. The van der Waals surface area contributed by atoms with Gasteiger partial charge in [0.2, 0.25) is 5.91 Å². The number of nitrogens with zero attached hydrogens (tertiary/aromatic N) is 4. The monoisotopic (exact) mass is 883 g/mol. The van der Waals surface area contributed by atoms with Gasteiger partial charge in [0.05, 0.1) is 43.2 Å². The summed E-state index contributed by atoms with van der Waals surface area (Å²) in [5.74, 6) is 1.48. The number of hydrogen-bond donors (Lipinski definition) is 2. The van der Waals surface area contributed by atoms with Crippen LogP contribution in [0.25, 0.3) is 0 Å². The third-order valence-corrected chi connectivity index (χ3v) is 14.5. The van der Waals surface area contributed by atoms with Gasteiger partial charge in [0.25, 0.3) is 5.91 Å². The first-order valence-corrected chi connectivity index (χ1v) is 23.5. The maximum atomic E-state index is 14.0. The first-order valence-electron chi connectivity index (χ1n) is 20.9. The van der Waals surface area contributed by atoms with Crippen LogP contribution in [0.5, 0.6) is 23.0 Å². The third-order valence-electron chi connectivity index (χ3n) is 11.8. The average molecular weight is 884 g/mol. The van der Waals surface area contributed by atoms with E-state index in [1.807, 2.05) is 84.2 Å². The van der Waals surface area contributed by atoms with Crippen molar-refractivity contribution in [2.45, 2.75) is 75.8 Å². The molecule has 1 unspecified atom stereocenters. The van der Waals surface area contributed by atoms with Gasteiger partial charge in [-0.15, -0.1) is 0 Å². The lowest BCUT2D eigenvalue weighted by Crippen LogP contribution is -2.37. The molecule has 2 N–H and O–H groups in total. The predicted octanol–water partition coefficient (Wildman–Crippen LogP) is 9.80. The number of fused-ring (bicyclic) bond motifs is 8. The fraction of sp³-hybridized carbons (Fsp3) is 0.306. The molecule has 0 saturated heterocycles. The van der Waals surface area contributed by atoms with Crippen LogP contribution in [0.2, 0.25) is 0 Å². The fourth-order valence-corrected chi connectivity index (χ4v) is 11.0. The molecule has 0 fully saturated rings. The molecule has 14 heteroatoms. The molecule has 0 aliphatic carbocycles. The molecule has 5 aromatic carbocycles. The van der Waals surface area contributed by atoms with E-state index in [4.69, 9.17) is 28.9 Å². The van der Waals surface area contributed by atoms with Crippen LogP contribution in [-0.2, 0) is 30.8 Å². The first-order chi connectivity index (χ1) is 30.5. The molecule has 324 valence electrons. The van der Waals surface area contributed by atoms with E-state index in [1.165, 1.54) is 5.56 Å². The van der Waals surface area contributed by atoms with Crippen molar-refractivity contribution in [2.24, 2.45) is 9.98 Å². The summed E-state index contributed by atoms with van der Waals surface area (Å²) in [5.41, 5.74) is 8.42. The zero-order valence-corrected chi connectivity index (χ0v) is 37.4. The van der Waals surface area contributed by atoms with Crippen LogP contribution in [0, 0.1) is 0 Å². The van der Waals surface area contributed by atoms with Gasteiger partial charge in [-0.25, -0.2) is 0 Å². The Balaban J connectivity index is 0.971. The van der Waals surface area contributed by atoms with Gasteiger partial charge in [-0.1, -0.05) is 58.0 Å². The number of para-hydroxylation sites is 2. The molecule has 0 spiro atoms. The molecule has 4 aliphatic heterocycles. The van der Waals surface area contributed by atoms with Gasteiger partial charge in [-0.05, 0) is 91.2 Å². The first kappa shape index (κ1) is 42.3. The molecule has 0 saturated carbocycles. The van der Waals surface area contributed by atoms with Crippen molar-refractivity contribution < 1.29 is 33.6 Å². The van der Waals surface area contributed by atoms with Gasteiger partial charge in [-0.2, -0.15) is 0 Å². The minimum Gasteiger partial charge on any atom is -0.493 e. The van der Waals surface area contributed by atoms with Crippen LogP contribution in [0.15, 0.2) is 101 Å². The highest BCUT2D eigenvalue weighted by atomic mass is 33.1. The lowest BCUT2D eigenvalue weighted by Gasteiger charge is -2.29. The number of carbonyl (C=O) groups excluding carboxylic acids is 2. The molecular weight excluding hydrogens is 835 g/mol. The van der Waals surface area contributed by atoms with E-state index in [1.54, 1.807) is 65.0 Å². The molecule has 5 aromatic rings. The summed E-state index contributed by atoms with van der Waals surface area (Å²) in [6.45, 7) is 4.51. The predicted molar refractivity (Wildman–Crippen MR) is 253 cm³/mol. The summed E-state index contributed by atoms with van der Waals surface area (Å²) < 4.78 is 24.4. The van der Waals surface area contributed by atoms with Crippen LogP contribution in [0.1, 0.15) is 71.1 Å². The zero-order chi connectivity index (χ0) is 43.8. The van der Waals surface area contributed by atoms with E-state index in [0.717, 1.165) is 34.5 Å². The van der Waals surface area contributed by atoms with Gasteiger partial charge in [0.15, 0.2) is 29.2 Å². The highest BCUT2D eigenvalue weighted by molar-refractivity contribution is 8.76. The molecule has 4 aliphatic rings. The number of nitrogens with one attached hydrogen (secondary N) is 1. The topological polar surface area (TPSA) is 135 Å². The zero-order valence-electron chi connectivity index (χ0n) is 35.8. The van der Waals surface area contributed by atoms with Crippen LogP contribution < -0.4 is 34.1 Å². The number of ether oxygens (including phenoxy) is 4. The summed E-state index contributed by atoms with van der Waals surface area (Å²) >= 11 is 0. The van der Waals surface area contributed by atoms with E-state index >= 15 is 0 Å².